The number of carbonyl (C=O) groups excluding carboxylic acids is 2. The molecule has 0 radical (unpaired) electrons. The lowest BCUT2D eigenvalue weighted by atomic mass is 10.1. The number of carbonyl (C=O) groups is 2. The Bertz CT molecular complexity index is 1020. The smallest absolute Gasteiger partial charge is 0.272 e. The highest BCUT2D eigenvalue weighted by molar-refractivity contribution is 6.31. The molecule has 0 saturated carbocycles. The summed E-state index contributed by atoms with van der Waals surface area (Å²) in [4.78, 5) is 28.9. The van der Waals surface area contributed by atoms with E-state index in [1.165, 1.54) is 0 Å². The van der Waals surface area contributed by atoms with Gasteiger partial charge in [-0.2, -0.15) is 5.10 Å². The average Bonchev–Trinajstić information content (AvgIpc) is 3.24. The van der Waals surface area contributed by atoms with E-state index in [1.54, 1.807) is 52.3 Å². The molecule has 0 atom stereocenters. The zero-order valence-corrected chi connectivity index (χ0v) is 17.0. The molecule has 148 valence electrons. The van der Waals surface area contributed by atoms with Gasteiger partial charge in [-0.3, -0.25) is 14.7 Å². The maximum atomic E-state index is 12.8. The van der Waals surface area contributed by atoms with Crippen molar-refractivity contribution in [2.24, 2.45) is 0 Å². The Labute approximate surface area is 178 Å². The van der Waals surface area contributed by atoms with Crippen molar-refractivity contribution >= 4 is 35.0 Å². The van der Waals surface area contributed by atoms with Crippen molar-refractivity contribution in [2.45, 2.75) is 0 Å². The van der Waals surface area contributed by atoms with Crippen molar-refractivity contribution in [3.8, 4) is 11.3 Å². The number of amides is 2. The number of benzene rings is 2. The molecular weight excluding hydrogens is 411 g/mol. The average molecular weight is 429 g/mol. The lowest BCUT2D eigenvalue weighted by Gasteiger charge is -2.34. The van der Waals surface area contributed by atoms with Crippen LogP contribution in [0.1, 0.15) is 20.8 Å². The van der Waals surface area contributed by atoms with Crippen molar-refractivity contribution < 1.29 is 9.59 Å². The molecule has 3 aromatic rings. The van der Waals surface area contributed by atoms with Crippen molar-refractivity contribution in [3.63, 3.8) is 0 Å². The van der Waals surface area contributed by atoms with E-state index in [0.717, 1.165) is 5.56 Å². The molecule has 8 heteroatoms. The third-order valence-corrected chi connectivity index (χ3v) is 5.40. The van der Waals surface area contributed by atoms with Crippen LogP contribution in [0.5, 0.6) is 0 Å². The predicted molar refractivity (Wildman–Crippen MR) is 112 cm³/mol. The number of piperazine rings is 1. The summed E-state index contributed by atoms with van der Waals surface area (Å²) in [5, 5.41) is 8.28. The molecule has 0 aliphatic carbocycles. The number of aromatic amines is 1. The molecule has 1 fully saturated rings. The molecule has 1 aliphatic rings. The first kappa shape index (κ1) is 19.5. The number of halogens is 2. The second kappa shape index (κ2) is 8.27. The number of aromatic nitrogens is 2. The van der Waals surface area contributed by atoms with Crippen LogP contribution in [0.15, 0.2) is 54.6 Å². The standard InChI is InChI=1S/C21H18Cl2N4O2/c22-16-5-1-14(2-6-16)18-13-19(25-24-18)21(29)27-11-9-26(10-12-27)20(28)15-3-7-17(23)8-4-15/h1-8,13H,9-12H2,(H,24,25). The fraction of sp³-hybridized carbons (Fsp3) is 0.190. The van der Waals surface area contributed by atoms with Crippen LogP contribution in [0.3, 0.4) is 0 Å². The van der Waals surface area contributed by atoms with Crippen LogP contribution in [0, 0.1) is 0 Å². The van der Waals surface area contributed by atoms with Crippen LogP contribution in [0.2, 0.25) is 10.0 Å². The van der Waals surface area contributed by atoms with Gasteiger partial charge in [0.2, 0.25) is 0 Å². The van der Waals surface area contributed by atoms with Gasteiger partial charge in [0.1, 0.15) is 5.69 Å². The Kier molecular flexibility index (Phi) is 5.56. The van der Waals surface area contributed by atoms with Gasteiger partial charge in [0, 0.05) is 47.4 Å². The fourth-order valence-corrected chi connectivity index (χ4v) is 3.51. The Hall–Kier alpha value is -2.83. The van der Waals surface area contributed by atoms with Gasteiger partial charge in [-0.25, -0.2) is 0 Å². The summed E-state index contributed by atoms with van der Waals surface area (Å²) in [5.41, 5.74) is 2.58. The first-order valence-electron chi connectivity index (χ1n) is 9.17. The van der Waals surface area contributed by atoms with Crippen molar-refractivity contribution in [2.75, 3.05) is 26.2 Å². The fourth-order valence-electron chi connectivity index (χ4n) is 3.26. The topological polar surface area (TPSA) is 69.3 Å². The molecule has 4 rings (SSSR count). The SMILES string of the molecule is O=C(c1ccc(Cl)cc1)N1CCN(C(=O)c2cc(-c3ccc(Cl)cc3)n[nH]2)CC1. The first-order chi connectivity index (χ1) is 14.0. The van der Waals surface area contributed by atoms with Crippen LogP contribution in [-0.4, -0.2) is 58.0 Å². The molecule has 1 aromatic heterocycles. The summed E-state index contributed by atoms with van der Waals surface area (Å²) in [6.07, 6.45) is 0. The number of nitrogens with zero attached hydrogens (tertiary/aromatic N) is 3. The number of nitrogens with one attached hydrogen (secondary N) is 1. The van der Waals surface area contributed by atoms with Gasteiger partial charge in [-0.05, 0) is 42.5 Å². The first-order valence-corrected chi connectivity index (χ1v) is 9.92. The Morgan fingerprint density at radius 1 is 0.793 bits per heavy atom. The second-order valence-electron chi connectivity index (χ2n) is 6.77. The molecule has 0 spiro atoms. The Morgan fingerprint density at radius 3 is 1.90 bits per heavy atom. The molecule has 0 unspecified atom stereocenters. The van der Waals surface area contributed by atoms with E-state index in [2.05, 4.69) is 10.2 Å². The molecule has 29 heavy (non-hydrogen) atoms. The number of hydrogen-bond acceptors (Lipinski definition) is 3. The van der Waals surface area contributed by atoms with E-state index in [0.29, 0.717) is 53.2 Å². The van der Waals surface area contributed by atoms with E-state index in [9.17, 15) is 9.59 Å². The Morgan fingerprint density at radius 2 is 1.31 bits per heavy atom. The molecule has 1 N–H and O–H groups in total. The summed E-state index contributed by atoms with van der Waals surface area (Å²) in [6, 6.07) is 15.8. The lowest BCUT2D eigenvalue weighted by molar-refractivity contribution is 0.0532. The van der Waals surface area contributed by atoms with Crippen molar-refractivity contribution in [1.29, 1.82) is 0 Å². The van der Waals surface area contributed by atoms with Crippen LogP contribution < -0.4 is 0 Å². The van der Waals surface area contributed by atoms with Gasteiger partial charge < -0.3 is 9.80 Å². The summed E-state index contributed by atoms with van der Waals surface area (Å²) >= 11 is 11.8. The molecule has 6 nitrogen and oxygen atoms in total. The molecule has 2 heterocycles. The summed E-state index contributed by atoms with van der Waals surface area (Å²) in [5.74, 6) is -0.184. The van der Waals surface area contributed by atoms with Gasteiger partial charge in [-0.15, -0.1) is 0 Å². The van der Waals surface area contributed by atoms with E-state index in [4.69, 9.17) is 23.2 Å². The molecule has 1 aliphatic heterocycles. The van der Waals surface area contributed by atoms with Crippen molar-refractivity contribution in [1.82, 2.24) is 20.0 Å². The van der Waals surface area contributed by atoms with E-state index < -0.39 is 0 Å². The van der Waals surface area contributed by atoms with Crippen LogP contribution in [0.25, 0.3) is 11.3 Å². The van der Waals surface area contributed by atoms with Crippen LogP contribution in [-0.2, 0) is 0 Å². The largest absolute Gasteiger partial charge is 0.335 e. The number of H-pyrrole nitrogens is 1. The highest BCUT2D eigenvalue weighted by Crippen LogP contribution is 2.21. The van der Waals surface area contributed by atoms with Crippen molar-refractivity contribution in [3.05, 3.63) is 75.9 Å². The van der Waals surface area contributed by atoms with E-state index >= 15 is 0 Å². The van der Waals surface area contributed by atoms with Crippen LogP contribution >= 0.6 is 23.2 Å². The minimum absolute atomic E-state index is 0.0552. The Balaban J connectivity index is 1.38. The number of rotatable bonds is 3. The third kappa shape index (κ3) is 4.28. The van der Waals surface area contributed by atoms with Gasteiger partial charge in [0.05, 0.1) is 5.69 Å². The van der Waals surface area contributed by atoms with Gasteiger partial charge in [0.15, 0.2) is 0 Å². The lowest BCUT2D eigenvalue weighted by Crippen LogP contribution is -2.50. The zero-order chi connectivity index (χ0) is 20.4. The monoisotopic (exact) mass is 428 g/mol. The summed E-state index contributed by atoms with van der Waals surface area (Å²) in [7, 11) is 0. The van der Waals surface area contributed by atoms with Crippen LogP contribution in [0.4, 0.5) is 0 Å². The maximum Gasteiger partial charge on any atom is 0.272 e. The summed E-state index contributed by atoms with van der Waals surface area (Å²) in [6.45, 7) is 1.89. The van der Waals surface area contributed by atoms with Gasteiger partial charge in [0.25, 0.3) is 11.8 Å². The second-order valence-corrected chi connectivity index (χ2v) is 7.64. The molecular formula is C21H18Cl2N4O2. The highest BCUT2D eigenvalue weighted by atomic mass is 35.5. The molecule has 2 aromatic carbocycles. The zero-order valence-electron chi connectivity index (χ0n) is 15.4. The minimum Gasteiger partial charge on any atom is -0.335 e. The minimum atomic E-state index is -0.128. The van der Waals surface area contributed by atoms with Gasteiger partial charge >= 0.3 is 0 Å². The molecule has 1 saturated heterocycles. The highest BCUT2D eigenvalue weighted by Gasteiger charge is 2.26. The molecule has 0 bridgehead atoms. The maximum absolute atomic E-state index is 12.8. The van der Waals surface area contributed by atoms with Gasteiger partial charge in [-0.1, -0.05) is 35.3 Å². The van der Waals surface area contributed by atoms with E-state index in [-0.39, 0.29) is 11.8 Å². The predicted octanol–water partition coefficient (Wildman–Crippen LogP) is 3.98. The normalized spacial score (nSPS) is 14.1. The van der Waals surface area contributed by atoms with E-state index in [1.807, 2.05) is 12.1 Å². The number of hydrogen-bond donors (Lipinski definition) is 1. The third-order valence-electron chi connectivity index (χ3n) is 4.89. The molecule has 2 amide bonds. The quantitative estimate of drug-likeness (QED) is 0.685. The summed E-state index contributed by atoms with van der Waals surface area (Å²) < 4.78 is 0.